The summed E-state index contributed by atoms with van der Waals surface area (Å²) < 4.78 is 36.5. The maximum atomic E-state index is 15.5. The molecule has 11 heteroatoms. The molecule has 2 aromatic rings. The second-order valence-electron chi connectivity index (χ2n) is 13.1. The Bertz CT molecular complexity index is 1340. The molecule has 228 valence electrons. The molecule has 0 unspecified atom stereocenters. The third-order valence-electron chi connectivity index (χ3n) is 7.75. The summed E-state index contributed by atoms with van der Waals surface area (Å²) in [6, 6.07) is 7.65. The van der Waals surface area contributed by atoms with Gasteiger partial charge in [-0.1, -0.05) is 44.2 Å². The van der Waals surface area contributed by atoms with Crippen LogP contribution in [0.15, 0.2) is 42.6 Å². The van der Waals surface area contributed by atoms with E-state index in [2.05, 4.69) is 4.98 Å². The van der Waals surface area contributed by atoms with Crippen molar-refractivity contribution in [3.63, 3.8) is 0 Å². The molecule has 3 amide bonds. The molecule has 1 aromatic carbocycles. The summed E-state index contributed by atoms with van der Waals surface area (Å²) in [6.45, 7) is 11.5. The van der Waals surface area contributed by atoms with Gasteiger partial charge in [0.2, 0.25) is 11.8 Å². The van der Waals surface area contributed by atoms with Gasteiger partial charge in [0.25, 0.3) is 0 Å². The fourth-order valence-corrected chi connectivity index (χ4v) is 5.53. The van der Waals surface area contributed by atoms with Gasteiger partial charge < -0.3 is 19.4 Å². The zero-order chi connectivity index (χ0) is 31.2. The van der Waals surface area contributed by atoms with Gasteiger partial charge in [0, 0.05) is 62.5 Å². The summed E-state index contributed by atoms with van der Waals surface area (Å²) in [5.41, 5.74) is -0.752. The molecule has 4 rings (SSSR count). The standard InChI is InChI=1S/C31H41F2N5O4/c1-20-16-36(24(27(40)35(7)8)17-37(20)28(41)42-29(2,3)4)18-26(39)38-19-30(5,6)22-15-34-25(14-23(22)38)31(32,33)21-12-10-9-11-13-21/h9-15,20,24H,16-19H2,1-8H3/t20-,24-/m1/s1. The van der Waals surface area contributed by atoms with E-state index in [9.17, 15) is 14.4 Å². The predicted molar refractivity (Wildman–Crippen MR) is 156 cm³/mol. The van der Waals surface area contributed by atoms with Gasteiger partial charge in [-0.05, 0) is 33.8 Å². The lowest BCUT2D eigenvalue weighted by molar-refractivity contribution is -0.138. The highest BCUT2D eigenvalue weighted by molar-refractivity contribution is 5.98. The minimum Gasteiger partial charge on any atom is -0.444 e. The maximum Gasteiger partial charge on any atom is 0.410 e. The lowest BCUT2D eigenvalue weighted by Crippen LogP contribution is -2.64. The summed E-state index contributed by atoms with van der Waals surface area (Å²) in [4.78, 5) is 50.4. The first-order chi connectivity index (χ1) is 19.4. The Labute approximate surface area is 246 Å². The van der Waals surface area contributed by atoms with Crippen LogP contribution in [0.25, 0.3) is 0 Å². The quantitative estimate of drug-likeness (QED) is 0.522. The van der Waals surface area contributed by atoms with Crippen LogP contribution < -0.4 is 4.90 Å². The average molecular weight is 586 g/mol. The van der Waals surface area contributed by atoms with Crippen molar-refractivity contribution in [2.75, 3.05) is 45.2 Å². The van der Waals surface area contributed by atoms with Crippen LogP contribution >= 0.6 is 0 Å². The number of nitrogens with zero attached hydrogens (tertiary/aromatic N) is 5. The molecule has 1 saturated heterocycles. The number of benzene rings is 1. The zero-order valence-corrected chi connectivity index (χ0v) is 25.6. The number of pyridine rings is 1. The molecule has 2 aliphatic heterocycles. The van der Waals surface area contributed by atoms with E-state index in [4.69, 9.17) is 4.74 Å². The minimum absolute atomic E-state index is 0.0554. The number of alkyl halides is 2. The molecule has 1 fully saturated rings. The van der Waals surface area contributed by atoms with Crippen LogP contribution in [0.4, 0.5) is 19.3 Å². The molecule has 2 aliphatic rings. The number of amides is 3. The SMILES string of the molecule is C[C@@H]1CN(CC(=O)N2CC(C)(C)c3cnc(C(F)(F)c4ccccc4)cc32)[C@@H](C(=O)N(C)C)CN1C(=O)OC(C)(C)C. The highest BCUT2D eigenvalue weighted by Crippen LogP contribution is 2.43. The Kier molecular flexibility index (Phi) is 8.39. The number of anilines is 1. The van der Waals surface area contributed by atoms with Crippen molar-refractivity contribution < 1.29 is 27.9 Å². The van der Waals surface area contributed by atoms with Crippen molar-refractivity contribution in [1.29, 1.82) is 0 Å². The summed E-state index contributed by atoms with van der Waals surface area (Å²) in [7, 11) is 3.25. The van der Waals surface area contributed by atoms with E-state index in [1.165, 1.54) is 39.1 Å². The molecule has 0 bridgehead atoms. The molecule has 0 radical (unpaired) electrons. The number of carbonyl (C=O) groups is 3. The molecular formula is C31H41F2N5O4. The van der Waals surface area contributed by atoms with Crippen molar-refractivity contribution in [3.05, 3.63) is 59.4 Å². The first kappa shape index (κ1) is 31.3. The number of halogens is 2. The molecule has 42 heavy (non-hydrogen) atoms. The van der Waals surface area contributed by atoms with Gasteiger partial charge in [-0.25, -0.2) is 4.79 Å². The Balaban J connectivity index is 1.61. The third kappa shape index (κ3) is 6.25. The molecule has 0 aliphatic carbocycles. The number of carbonyl (C=O) groups excluding carboxylic acids is 3. The molecule has 1 aromatic heterocycles. The van der Waals surface area contributed by atoms with Gasteiger partial charge in [0.15, 0.2) is 0 Å². The second kappa shape index (κ2) is 11.2. The molecule has 9 nitrogen and oxygen atoms in total. The Hall–Kier alpha value is -3.60. The molecule has 2 atom stereocenters. The first-order valence-corrected chi connectivity index (χ1v) is 14.1. The summed E-state index contributed by atoms with van der Waals surface area (Å²) in [5, 5.41) is 0. The van der Waals surface area contributed by atoms with E-state index in [1.807, 2.05) is 20.8 Å². The fourth-order valence-electron chi connectivity index (χ4n) is 5.53. The number of hydrogen-bond donors (Lipinski definition) is 0. The van der Waals surface area contributed by atoms with Crippen LogP contribution in [0, 0.1) is 0 Å². The van der Waals surface area contributed by atoms with Crippen molar-refractivity contribution in [3.8, 4) is 0 Å². The normalized spacial score (nSPS) is 20.7. The van der Waals surface area contributed by atoms with Gasteiger partial charge in [-0.2, -0.15) is 8.78 Å². The number of rotatable bonds is 5. The number of aromatic nitrogens is 1. The fraction of sp³-hybridized carbons (Fsp3) is 0.548. The van der Waals surface area contributed by atoms with Crippen LogP contribution in [-0.4, -0.2) is 95.6 Å². The average Bonchev–Trinajstić information content (AvgIpc) is 3.18. The number of likely N-dealkylation sites (N-methyl/N-ethyl adjacent to an activating group) is 1. The summed E-state index contributed by atoms with van der Waals surface area (Å²) in [6.07, 6.45) is 0.918. The zero-order valence-electron chi connectivity index (χ0n) is 25.6. The Morgan fingerprint density at radius 2 is 1.74 bits per heavy atom. The van der Waals surface area contributed by atoms with Crippen molar-refractivity contribution in [1.82, 2.24) is 19.7 Å². The summed E-state index contributed by atoms with van der Waals surface area (Å²) in [5.74, 6) is -3.93. The van der Waals surface area contributed by atoms with Crippen LogP contribution in [0.2, 0.25) is 0 Å². The predicted octanol–water partition coefficient (Wildman–Crippen LogP) is 4.24. The van der Waals surface area contributed by atoms with Crippen molar-refractivity contribution in [2.45, 2.75) is 70.6 Å². The lowest BCUT2D eigenvalue weighted by Gasteiger charge is -2.45. The number of piperazine rings is 1. The van der Waals surface area contributed by atoms with E-state index in [-0.39, 0.29) is 49.6 Å². The number of fused-ring (bicyclic) bond motifs is 1. The highest BCUT2D eigenvalue weighted by Gasteiger charge is 2.45. The largest absolute Gasteiger partial charge is 0.444 e. The van der Waals surface area contributed by atoms with Crippen LogP contribution in [0.3, 0.4) is 0 Å². The van der Waals surface area contributed by atoms with Crippen molar-refractivity contribution >= 4 is 23.6 Å². The second-order valence-corrected chi connectivity index (χ2v) is 13.1. The number of hydrogen-bond acceptors (Lipinski definition) is 6. The van der Waals surface area contributed by atoms with Gasteiger partial charge in [0.1, 0.15) is 17.3 Å². The Morgan fingerprint density at radius 3 is 2.33 bits per heavy atom. The van der Waals surface area contributed by atoms with Crippen LogP contribution in [-0.2, 0) is 25.7 Å². The van der Waals surface area contributed by atoms with E-state index < -0.39 is 34.8 Å². The molecular weight excluding hydrogens is 544 g/mol. The van der Waals surface area contributed by atoms with Crippen molar-refractivity contribution in [2.24, 2.45) is 0 Å². The molecule has 0 N–H and O–H groups in total. The molecule has 3 heterocycles. The van der Waals surface area contributed by atoms with Crippen LogP contribution in [0.1, 0.15) is 58.4 Å². The van der Waals surface area contributed by atoms with Crippen LogP contribution in [0.5, 0.6) is 0 Å². The Morgan fingerprint density at radius 1 is 1.10 bits per heavy atom. The smallest absolute Gasteiger partial charge is 0.410 e. The van der Waals surface area contributed by atoms with Gasteiger partial charge in [0.05, 0.1) is 12.2 Å². The molecule has 0 saturated carbocycles. The van der Waals surface area contributed by atoms with Gasteiger partial charge in [-0.15, -0.1) is 0 Å². The minimum atomic E-state index is -3.35. The van der Waals surface area contributed by atoms with E-state index in [0.29, 0.717) is 11.3 Å². The van der Waals surface area contributed by atoms with Gasteiger partial charge >= 0.3 is 12.0 Å². The van der Waals surface area contributed by atoms with E-state index in [1.54, 1.807) is 58.0 Å². The van der Waals surface area contributed by atoms with E-state index in [0.717, 1.165) is 0 Å². The van der Waals surface area contributed by atoms with Gasteiger partial charge in [-0.3, -0.25) is 19.5 Å². The topological polar surface area (TPSA) is 86.3 Å². The first-order valence-electron chi connectivity index (χ1n) is 14.1. The highest BCUT2D eigenvalue weighted by atomic mass is 19.3. The monoisotopic (exact) mass is 585 g/mol. The third-order valence-corrected chi connectivity index (χ3v) is 7.75. The van der Waals surface area contributed by atoms with E-state index >= 15 is 8.78 Å². The summed E-state index contributed by atoms with van der Waals surface area (Å²) >= 11 is 0. The molecule has 0 spiro atoms. The maximum absolute atomic E-state index is 15.5. The number of ether oxygens (including phenoxy) is 1. The lowest BCUT2D eigenvalue weighted by atomic mass is 9.88.